The van der Waals surface area contributed by atoms with Crippen molar-refractivity contribution in [2.75, 3.05) is 11.9 Å². The molecule has 1 saturated carbocycles. The summed E-state index contributed by atoms with van der Waals surface area (Å²) >= 11 is 0. The number of rotatable bonds is 6. The van der Waals surface area contributed by atoms with Gasteiger partial charge in [-0.15, -0.1) is 0 Å². The van der Waals surface area contributed by atoms with Gasteiger partial charge in [0.2, 0.25) is 11.6 Å². The minimum Gasteiger partial charge on any atom is -0.462 e. The highest BCUT2D eigenvalue weighted by Gasteiger charge is 2.25. The van der Waals surface area contributed by atoms with Gasteiger partial charge >= 0.3 is 5.97 Å². The number of aryl methyl sites for hydroxylation is 1. The Kier molecular flexibility index (Phi) is 5.39. The van der Waals surface area contributed by atoms with Crippen LogP contribution in [-0.4, -0.2) is 37.8 Å². The van der Waals surface area contributed by atoms with Crippen LogP contribution in [-0.2, 0) is 16.1 Å². The van der Waals surface area contributed by atoms with Crippen LogP contribution < -0.4 is 10.9 Å². The maximum absolute atomic E-state index is 12.9. The van der Waals surface area contributed by atoms with E-state index in [9.17, 15) is 14.4 Å². The predicted molar refractivity (Wildman–Crippen MR) is 107 cm³/mol. The lowest BCUT2D eigenvalue weighted by atomic mass is 10.2. The fourth-order valence-electron chi connectivity index (χ4n) is 3.89. The number of aromatic nitrogens is 4. The Balaban J connectivity index is 1.58. The van der Waals surface area contributed by atoms with Crippen LogP contribution in [0, 0.1) is 6.92 Å². The monoisotopic (exact) mass is 413 g/mol. The molecule has 158 valence electrons. The molecule has 0 radical (unpaired) electrons. The summed E-state index contributed by atoms with van der Waals surface area (Å²) in [6, 6.07) is 2.01. The molecule has 1 fully saturated rings. The molecule has 4 rings (SSSR count). The normalized spacial score (nSPS) is 14.3. The number of furan rings is 1. The molecule has 1 amide bonds. The van der Waals surface area contributed by atoms with Crippen LogP contribution in [0.25, 0.3) is 11.1 Å². The first-order valence-electron chi connectivity index (χ1n) is 9.98. The number of amides is 1. The molecule has 0 aliphatic heterocycles. The Morgan fingerprint density at radius 2 is 2.10 bits per heavy atom. The van der Waals surface area contributed by atoms with E-state index in [1.54, 1.807) is 26.1 Å². The molecule has 1 N–H and O–H groups in total. The van der Waals surface area contributed by atoms with E-state index >= 15 is 0 Å². The second kappa shape index (κ2) is 8.13. The van der Waals surface area contributed by atoms with Crippen molar-refractivity contribution in [1.29, 1.82) is 0 Å². The highest BCUT2D eigenvalue weighted by molar-refractivity contribution is 6.03. The van der Waals surface area contributed by atoms with Crippen LogP contribution in [0.2, 0.25) is 0 Å². The number of hydrogen-bond acceptors (Lipinski definition) is 7. The molecule has 30 heavy (non-hydrogen) atoms. The third-order valence-corrected chi connectivity index (χ3v) is 5.26. The molecule has 3 aromatic rings. The Morgan fingerprint density at radius 1 is 1.33 bits per heavy atom. The molecular weight excluding hydrogens is 390 g/mol. The molecule has 3 aromatic heterocycles. The lowest BCUT2D eigenvalue weighted by Gasteiger charge is -2.14. The Morgan fingerprint density at radius 3 is 2.83 bits per heavy atom. The van der Waals surface area contributed by atoms with E-state index in [4.69, 9.17) is 9.15 Å². The molecule has 1 aliphatic rings. The zero-order valence-electron chi connectivity index (χ0n) is 16.9. The van der Waals surface area contributed by atoms with Gasteiger partial charge in [-0.3, -0.25) is 14.2 Å². The van der Waals surface area contributed by atoms with E-state index in [0.717, 1.165) is 30.3 Å². The van der Waals surface area contributed by atoms with Crippen molar-refractivity contribution in [1.82, 2.24) is 19.3 Å². The molecule has 0 bridgehead atoms. The summed E-state index contributed by atoms with van der Waals surface area (Å²) in [5.41, 5.74) is -0.464. The van der Waals surface area contributed by atoms with Gasteiger partial charge in [-0.25, -0.2) is 14.5 Å². The van der Waals surface area contributed by atoms with Gasteiger partial charge in [0.1, 0.15) is 35.4 Å². The molecule has 0 atom stereocenters. The molecule has 1 aliphatic carbocycles. The van der Waals surface area contributed by atoms with Gasteiger partial charge < -0.3 is 14.5 Å². The summed E-state index contributed by atoms with van der Waals surface area (Å²) in [6.07, 6.45) is 7.23. The van der Waals surface area contributed by atoms with Gasteiger partial charge in [0.25, 0.3) is 5.56 Å². The number of fused-ring (bicyclic) bond motifs is 1. The van der Waals surface area contributed by atoms with Crippen molar-refractivity contribution in [2.24, 2.45) is 0 Å². The lowest BCUT2D eigenvalue weighted by molar-refractivity contribution is -0.116. The number of anilines is 1. The minimum absolute atomic E-state index is 0.0113. The van der Waals surface area contributed by atoms with Gasteiger partial charge in [-0.05, 0) is 26.7 Å². The van der Waals surface area contributed by atoms with E-state index in [1.807, 2.05) is 4.68 Å². The average molecular weight is 413 g/mol. The lowest BCUT2D eigenvalue weighted by Crippen LogP contribution is -2.29. The van der Waals surface area contributed by atoms with Crippen molar-refractivity contribution >= 4 is 28.8 Å². The van der Waals surface area contributed by atoms with Crippen LogP contribution >= 0.6 is 0 Å². The highest BCUT2D eigenvalue weighted by Crippen LogP contribution is 2.31. The fraction of sp³-hybridized carbons (Fsp3) is 0.450. The van der Waals surface area contributed by atoms with E-state index in [0.29, 0.717) is 5.82 Å². The number of nitrogens with one attached hydrogen (secondary N) is 1. The molecule has 10 nitrogen and oxygen atoms in total. The summed E-state index contributed by atoms with van der Waals surface area (Å²) in [7, 11) is 0. The largest absolute Gasteiger partial charge is 0.462 e. The van der Waals surface area contributed by atoms with Crippen LogP contribution in [0.5, 0.6) is 0 Å². The number of nitrogens with zero attached hydrogens (tertiary/aromatic N) is 4. The van der Waals surface area contributed by atoms with Crippen molar-refractivity contribution in [3.05, 3.63) is 40.3 Å². The molecule has 0 aromatic carbocycles. The van der Waals surface area contributed by atoms with E-state index in [1.165, 1.54) is 6.33 Å². The minimum atomic E-state index is -0.657. The first-order valence-corrected chi connectivity index (χ1v) is 9.98. The number of carbonyl (C=O) groups is 2. The summed E-state index contributed by atoms with van der Waals surface area (Å²) in [6.45, 7) is 3.14. The number of esters is 1. The number of ether oxygens (including phenoxy) is 1. The second-order valence-electron chi connectivity index (χ2n) is 7.26. The predicted octanol–water partition coefficient (Wildman–Crippen LogP) is 2.42. The van der Waals surface area contributed by atoms with E-state index < -0.39 is 17.4 Å². The molecular formula is C20H23N5O5. The Labute approximate surface area is 171 Å². The third-order valence-electron chi connectivity index (χ3n) is 5.26. The van der Waals surface area contributed by atoms with Crippen molar-refractivity contribution < 1.29 is 18.7 Å². The van der Waals surface area contributed by atoms with Gasteiger partial charge in [0.05, 0.1) is 18.8 Å². The smallest absolute Gasteiger partial charge is 0.342 e. The number of hydrogen-bond donors (Lipinski definition) is 1. The summed E-state index contributed by atoms with van der Waals surface area (Å²) in [5, 5.41) is 7.15. The average Bonchev–Trinajstić information content (AvgIpc) is 3.43. The zero-order chi connectivity index (χ0) is 21.3. The fourth-order valence-corrected chi connectivity index (χ4v) is 3.89. The summed E-state index contributed by atoms with van der Waals surface area (Å²) in [4.78, 5) is 41.9. The molecule has 0 spiro atoms. The van der Waals surface area contributed by atoms with Crippen molar-refractivity contribution in [3.63, 3.8) is 0 Å². The van der Waals surface area contributed by atoms with Crippen molar-refractivity contribution in [2.45, 2.75) is 52.1 Å². The standard InChI is InChI=1S/C20H23N5O5/c1-3-29-20(28)16-12(2)30-18-17(16)19(27)24(11-21-18)10-15(26)23-14-8-9-22-25(14)13-6-4-5-7-13/h8-9,11,13H,3-7,10H2,1-2H3,(H,23,26). The highest BCUT2D eigenvalue weighted by atomic mass is 16.5. The van der Waals surface area contributed by atoms with Gasteiger partial charge in [-0.2, -0.15) is 5.10 Å². The van der Waals surface area contributed by atoms with Crippen LogP contribution in [0.1, 0.15) is 54.8 Å². The first-order chi connectivity index (χ1) is 14.5. The SMILES string of the molecule is CCOC(=O)c1c(C)oc2ncn(CC(=O)Nc3ccnn3C3CCCC3)c(=O)c12. The van der Waals surface area contributed by atoms with Crippen LogP contribution in [0.15, 0.2) is 27.8 Å². The van der Waals surface area contributed by atoms with Gasteiger partial charge in [0.15, 0.2) is 0 Å². The zero-order valence-corrected chi connectivity index (χ0v) is 16.9. The molecule has 3 heterocycles. The van der Waals surface area contributed by atoms with Crippen LogP contribution in [0.3, 0.4) is 0 Å². The first kappa shape index (κ1) is 19.9. The summed E-state index contributed by atoms with van der Waals surface area (Å²) < 4.78 is 13.4. The molecule has 0 saturated heterocycles. The van der Waals surface area contributed by atoms with Crippen molar-refractivity contribution in [3.8, 4) is 0 Å². The Hall–Kier alpha value is -3.43. The van der Waals surface area contributed by atoms with Gasteiger partial charge in [-0.1, -0.05) is 12.8 Å². The van der Waals surface area contributed by atoms with E-state index in [-0.39, 0.29) is 41.6 Å². The quantitative estimate of drug-likeness (QED) is 0.616. The van der Waals surface area contributed by atoms with E-state index in [2.05, 4.69) is 15.4 Å². The third kappa shape index (κ3) is 3.60. The maximum Gasteiger partial charge on any atom is 0.342 e. The van der Waals surface area contributed by atoms with Crippen LogP contribution in [0.4, 0.5) is 5.82 Å². The topological polar surface area (TPSA) is 121 Å². The number of carbonyl (C=O) groups excluding carboxylic acids is 2. The summed E-state index contributed by atoms with van der Waals surface area (Å²) in [5.74, 6) is -0.206. The maximum atomic E-state index is 12.9. The Bertz CT molecular complexity index is 1150. The molecule has 0 unspecified atom stereocenters. The second-order valence-corrected chi connectivity index (χ2v) is 7.26. The molecule has 10 heteroatoms. The van der Waals surface area contributed by atoms with Gasteiger partial charge in [0, 0.05) is 6.07 Å².